The minimum atomic E-state index is -0.361. The average molecular weight is 340 g/mol. The van der Waals surface area contributed by atoms with Gasteiger partial charge in [-0.2, -0.15) is 0 Å². The van der Waals surface area contributed by atoms with Crippen LogP contribution in [-0.4, -0.2) is 18.5 Å². The molecule has 1 fully saturated rings. The monoisotopic (exact) mass is 339 g/mol. The van der Waals surface area contributed by atoms with E-state index in [1.54, 1.807) is 25.1 Å². The van der Waals surface area contributed by atoms with E-state index in [-0.39, 0.29) is 11.9 Å². The lowest BCUT2D eigenvalue weighted by atomic mass is 9.83. The van der Waals surface area contributed by atoms with Crippen molar-refractivity contribution in [1.29, 1.82) is 0 Å². The van der Waals surface area contributed by atoms with Gasteiger partial charge in [0, 0.05) is 10.9 Å². The average Bonchev–Trinajstić information content (AvgIpc) is 2.36. The Morgan fingerprint density at radius 3 is 2.70 bits per heavy atom. The van der Waals surface area contributed by atoms with Gasteiger partial charge >= 0.3 is 5.97 Å². The van der Waals surface area contributed by atoms with E-state index >= 15 is 0 Å². The molecule has 108 valence electrons. The van der Waals surface area contributed by atoms with Crippen LogP contribution >= 0.6 is 15.9 Å². The Balaban J connectivity index is 1.98. The number of anilines is 1. The highest BCUT2D eigenvalue weighted by Crippen LogP contribution is 2.30. The van der Waals surface area contributed by atoms with E-state index in [1.807, 2.05) is 0 Å². The first-order valence-electron chi connectivity index (χ1n) is 6.86. The van der Waals surface area contributed by atoms with Crippen LogP contribution < -0.4 is 5.32 Å². The zero-order chi connectivity index (χ0) is 14.5. The van der Waals surface area contributed by atoms with Gasteiger partial charge in [0.15, 0.2) is 0 Å². The molecule has 0 radical (unpaired) electrons. The van der Waals surface area contributed by atoms with Crippen molar-refractivity contribution in [2.45, 2.75) is 32.6 Å². The van der Waals surface area contributed by atoms with Crippen LogP contribution in [0.5, 0.6) is 0 Å². The molecule has 0 heterocycles. The Labute approximate surface area is 127 Å². The molecule has 0 saturated heterocycles. The molecule has 20 heavy (non-hydrogen) atoms. The van der Waals surface area contributed by atoms with Gasteiger partial charge in [0.2, 0.25) is 5.91 Å². The summed E-state index contributed by atoms with van der Waals surface area (Å²) >= 11 is 3.37. The third-order valence-electron chi connectivity index (χ3n) is 3.45. The molecule has 1 saturated carbocycles. The predicted octanol–water partition coefficient (Wildman–Crippen LogP) is 3.75. The second-order valence-corrected chi connectivity index (χ2v) is 5.82. The van der Waals surface area contributed by atoms with Crippen LogP contribution in [-0.2, 0) is 9.53 Å². The van der Waals surface area contributed by atoms with Crippen molar-refractivity contribution in [1.82, 2.24) is 0 Å². The van der Waals surface area contributed by atoms with Gasteiger partial charge in [0.1, 0.15) is 0 Å². The highest BCUT2D eigenvalue weighted by Gasteiger charge is 2.21. The van der Waals surface area contributed by atoms with E-state index < -0.39 is 0 Å². The summed E-state index contributed by atoms with van der Waals surface area (Å²) in [4.78, 5) is 23.5. The van der Waals surface area contributed by atoms with Crippen molar-refractivity contribution in [3.63, 3.8) is 0 Å². The summed E-state index contributed by atoms with van der Waals surface area (Å²) < 4.78 is 5.62. The molecule has 0 unspecified atom stereocenters. The highest BCUT2D eigenvalue weighted by molar-refractivity contribution is 9.10. The molecular weight excluding hydrogens is 322 g/mol. The Bertz CT molecular complexity index is 512. The largest absolute Gasteiger partial charge is 0.462 e. The number of amides is 1. The van der Waals surface area contributed by atoms with Crippen molar-refractivity contribution in [3.05, 3.63) is 28.2 Å². The number of hydrogen-bond acceptors (Lipinski definition) is 3. The van der Waals surface area contributed by atoms with Gasteiger partial charge in [-0.3, -0.25) is 4.79 Å². The van der Waals surface area contributed by atoms with Crippen molar-refractivity contribution >= 4 is 33.5 Å². The standard InChI is InChI=1S/C15H18BrNO3/c1-2-20-15(19)11-6-7-13(12(16)9-11)17-14(18)8-10-4-3-5-10/h6-7,9-10H,2-5,8H2,1H3,(H,17,18). The summed E-state index contributed by atoms with van der Waals surface area (Å²) in [5.41, 5.74) is 1.15. The molecule has 0 aromatic heterocycles. The van der Waals surface area contributed by atoms with E-state index in [9.17, 15) is 9.59 Å². The molecule has 1 aliphatic carbocycles. The second kappa shape index (κ2) is 6.88. The number of carbonyl (C=O) groups is 2. The summed E-state index contributed by atoms with van der Waals surface area (Å²) in [5.74, 6) is 0.201. The van der Waals surface area contributed by atoms with Gasteiger partial charge < -0.3 is 10.1 Å². The third-order valence-corrected chi connectivity index (χ3v) is 4.11. The molecule has 1 aromatic carbocycles. The zero-order valence-electron chi connectivity index (χ0n) is 11.4. The van der Waals surface area contributed by atoms with Crippen molar-refractivity contribution in [2.24, 2.45) is 5.92 Å². The van der Waals surface area contributed by atoms with Gasteiger partial charge in [0.05, 0.1) is 17.9 Å². The third kappa shape index (κ3) is 3.82. The highest BCUT2D eigenvalue weighted by atomic mass is 79.9. The number of rotatable bonds is 5. The molecule has 5 heteroatoms. The summed E-state index contributed by atoms with van der Waals surface area (Å²) in [6.45, 7) is 2.11. The number of nitrogens with one attached hydrogen (secondary N) is 1. The maximum absolute atomic E-state index is 11.9. The Kier molecular flexibility index (Phi) is 5.17. The number of carbonyl (C=O) groups excluding carboxylic acids is 2. The quantitative estimate of drug-likeness (QED) is 0.831. The summed E-state index contributed by atoms with van der Waals surface area (Å²) in [5, 5.41) is 2.87. The maximum Gasteiger partial charge on any atom is 0.338 e. The van der Waals surface area contributed by atoms with Crippen molar-refractivity contribution in [2.75, 3.05) is 11.9 Å². The fourth-order valence-corrected chi connectivity index (χ4v) is 2.60. The van der Waals surface area contributed by atoms with E-state index in [2.05, 4.69) is 21.2 Å². The Hall–Kier alpha value is -1.36. The molecule has 0 bridgehead atoms. The second-order valence-electron chi connectivity index (χ2n) is 4.96. The first-order valence-corrected chi connectivity index (χ1v) is 7.66. The van der Waals surface area contributed by atoms with Crippen LogP contribution in [0, 0.1) is 5.92 Å². The van der Waals surface area contributed by atoms with Crippen LogP contribution in [0.1, 0.15) is 43.0 Å². The van der Waals surface area contributed by atoms with Crippen LogP contribution in [0.3, 0.4) is 0 Å². The molecule has 1 amide bonds. The van der Waals surface area contributed by atoms with Gasteiger partial charge in [0.25, 0.3) is 0 Å². The maximum atomic E-state index is 11.9. The predicted molar refractivity (Wildman–Crippen MR) is 80.7 cm³/mol. The molecule has 1 N–H and O–H groups in total. The molecule has 2 rings (SSSR count). The summed E-state index contributed by atoms with van der Waals surface area (Å²) in [6.07, 6.45) is 4.11. The van der Waals surface area contributed by atoms with Crippen LogP contribution in [0.2, 0.25) is 0 Å². The number of esters is 1. The minimum Gasteiger partial charge on any atom is -0.462 e. The molecule has 1 aliphatic rings. The number of halogens is 1. The number of ether oxygens (including phenoxy) is 1. The molecule has 0 atom stereocenters. The van der Waals surface area contributed by atoms with Gasteiger partial charge in [-0.05, 0) is 59.8 Å². The van der Waals surface area contributed by atoms with Gasteiger partial charge in [-0.1, -0.05) is 6.42 Å². The van der Waals surface area contributed by atoms with Crippen molar-refractivity contribution < 1.29 is 14.3 Å². The van der Waals surface area contributed by atoms with E-state index in [0.29, 0.717) is 34.7 Å². The lowest BCUT2D eigenvalue weighted by molar-refractivity contribution is -0.117. The first-order chi connectivity index (χ1) is 9.60. The van der Waals surface area contributed by atoms with Crippen LogP contribution in [0.25, 0.3) is 0 Å². The smallest absolute Gasteiger partial charge is 0.338 e. The van der Waals surface area contributed by atoms with E-state index in [0.717, 1.165) is 12.8 Å². The lowest BCUT2D eigenvalue weighted by Gasteiger charge is -2.24. The molecule has 4 nitrogen and oxygen atoms in total. The Morgan fingerprint density at radius 2 is 2.15 bits per heavy atom. The topological polar surface area (TPSA) is 55.4 Å². The molecular formula is C15H18BrNO3. The first kappa shape index (κ1) is 15.0. The fourth-order valence-electron chi connectivity index (χ4n) is 2.12. The molecule has 1 aromatic rings. The minimum absolute atomic E-state index is 0.0271. The zero-order valence-corrected chi connectivity index (χ0v) is 13.0. The van der Waals surface area contributed by atoms with Gasteiger partial charge in [-0.15, -0.1) is 0 Å². The normalized spacial score (nSPS) is 14.5. The van der Waals surface area contributed by atoms with Gasteiger partial charge in [-0.25, -0.2) is 4.79 Å². The molecule has 0 spiro atoms. The van der Waals surface area contributed by atoms with Crippen molar-refractivity contribution in [3.8, 4) is 0 Å². The summed E-state index contributed by atoms with van der Waals surface area (Å²) in [6, 6.07) is 5.04. The van der Waals surface area contributed by atoms with E-state index in [1.165, 1.54) is 6.42 Å². The SMILES string of the molecule is CCOC(=O)c1ccc(NC(=O)CC2CCC2)c(Br)c1. The van der Waals surface area contributed by atoms with Crippen LogP contribution in [0.15, 0.2) is 22.7 Å². The van der Waals surface area contributed by atoms with Crippen LogP contribution in [0.4, 0.5) is 5.69 Å². The lowest BCUT2D eigenvalue weighted by Crippen LogP contribution is -2.21. The van der Waals surface area contributed by atoms with E-state index in [4.69, 9.17) is 4.74 Å². The fraction of sp³-hybridized carbons (Fsp3) is 0.467. The molecule has 0 aliphatic heterocycles. The Morgan fingerprint density at radius 1 is 1.40 bits per heavy atom. The summed E-state index contributed by atoms with van der Waals surface area (Å²) in [7, 11) is 0. The number of hydrogen-bond donors (Lipinski definition) is 1. The number of benzene rings is 1.